The minimum atomic E-state index is -1.27. The number of guanidine groups is 1. The van der Waals surface area contributed by atoms with Gasteiger partial charge in [-0.15, -0.1) is 5.10 Å². The zero-order valence-electron chi connectivity index (χ0n) is 26.6. The van der Waals surface area contributed by atoms with E-state index >= 15 is 0 Å². The van der Waals surface area contributed by atoms with Crippen molar-refractivity contribution in [2.75, 3.05) is 64.6 Å². The monoisotopic (exact) mass is 673 g/mol. The first-order valence-electron chi connectivity index (χ1n) is 15.2. The molecular weight excluding hydrogens is 630 g/mol. The molecule has 0 aromatic heterocycles. The average molecular weight is 674 g/mol. The molecule has 2 rings (SSSR count). The van der Waals surface area contributed by atoms with Gasteiger partial charge in [-0.2, -0.15) is 5.10 Å². The largest absolute Gasteiger partial charge is 0.480 e. The summed E-state index contributed by atoms with van der Waals surface area (Å²) in [6, 6.07) is 4.95. The maximum absolute atomic E-state index is 12.7. The second-order valence-electron chi connectivity index (χ2n) is 10.0. The van der Waals surface area contributed by atoms with E-state index in [1.165, 1.54) is 18.3 Å². The molecule has 48 heavy (non-hydrogen) atoms. The van der Waals surface area contributed by atoms with Gasteiger partial charge >= 0.3 is 5.97 Å². The number of nitrogens with one attached hydrogen (secondary N) is 5. The van der Waals surface area contributed by atoms with Gasteiger partial charge in [-0.1, -0.05) is 6.58 Å². The summed E-state index contributed by atoms with van der Waals surface area (Å²) >= 11 is 0. The number of ether oxygens (including phenoxy) is 3. The fourth-order valence-electron chi connectivity index (χ4n) is 3.78. The van der Waals surface area contributed by atoms with Crippen LogP contribution in [0.15, 0.2) is 51.7 Å². The van der Waals surface area contributed by atoms with Crippen molar-refractivity contribution in [2.45, 2.75) is 31.7 Å². The second-order valence-corrected chi connectivity index (χ2v) is 10.0. The number of carboxylic acid groups (broad SMARTS) is 1. The van der Waals surface area contributed by atoms with Crippen molar-refractivity contribution in [3.63, 3.8) is 0 Å². The lowest BCUT2D eigenvalue weighted by molar-refractivity contribution is -0.139. The van der Waals surface area contributed by atoms with Crippen LogP contribution in [0.4, 0.5) is 5.69 Å². The summed E-state index contributed by atoms with van der Waals surface area (Å²) in [5.74, 6) is -3.03. The summed E-state index contributed by atoms with van der Waals surface area (Å²) in [5, 5.41) is 30.0. The number of aliphatic imine (C=N–C) groups is 1. The Kier molecular flexibility index (Phi) is 18.8. The van der Waals surface area contributed by atoms with Crippen LogP contribution in [0, 0.1) is 0 Å². The maximum atomic E-state index is 12.7. The third-order valence-corrected chi connectivity index (χ3v) is 6.26. The molecule has 8 N–H and O–H groups in total. The summed E-state index contributed by atoms with van der Waals surface area (Å²) in [7, 11) is 0. The smallest absolute Gasteiger partial charge is 0.326 e. The Balaban J connectivity index is 1.63. The molecular formula is C30H43N9O9. The molecule has 0 saturated carbocycles. The summed E-state index contributed by atoms with van der Waals surface area (Å²) in [4.78, 5) is 62.8. The molecule has 1 aromatic rings. The maximum Gasteiger partial charge on any atom is 0.326 e. The molecule has 1 heterocycles. The van der Waals surface area contributed by atoms with Crippen LogP contribution in [-0.2, 0) is 33.4 Å². The molecule has 1 aromatic carbocycles. The lowest BCUT2D eigenvalue weighted by Crippen LogP contribution is -2.41. The number of carbonyl (C=O) groups excluding carboxylic acids is 4. The molecule has 18 heteroatoms. The van der Waals surface area contributed by atoms with Crippen molar-refractivity contribution in [3.05, 3.63) is 42.1 Å². The summed E-state index contributed by atoms with van der Waals surface area (Å²) < 4.78 is 16.2. The quantitative estimate of drug-likeness (QED) is 0.0404. The second kappa shape index (κ2) is 23.2. The van der Waals surface area contributed by atoms with E-state index in [0.29, 0.717) is 77.0 Å². The molecule has 1 aliphatic rings. The first-order valence-corrected chi connectivity index (χ1v) is 15.2. The van der Waals surface area contributed by atoms with Crippen LogP contribution in [0.1, 0.15) is 36.0 Å². The number of carboxylic acids is 1. The van der Waals surface area contributed by atoms with E-state index in [4.69, 9.17) is 19.9 Å². The van der Waals surface area contributed by atoms with E-state index in [1.54, 1.807) is 12.1 Å². The zero-order valence-corrected chi connectivity index (χ0v) is 26.6. The predicted molar refractivity (Wildman–Crippen MR) is 177 cm³/mol. The Bertz CT molecular complexity index is 1320. The highest BCUT2D eigenvalue weighted by molar-refractivity contribution is 6.33. The number of nitrogens with zero attached hydrogens (tertiary/aromatic N) is 3. The van der Waals surface area contributed by atoms with Gasteiger partial charge < -0.3 is 46.3 Å². The highest BCUT2D eigenvalue weighted by atomic mass is 16.5. The molecule has 1 atom stereocenters. The highest BCUT2D eigenvalue weighted by Gasteiger charge is 2.22. The van der Waals surface area contributed by atoms with Crippen molar-refractivity contribution >= 4 is 53.7 Å². The minimum Gasteiger partial charge on any atom is -0.480 e. The fraction of sp³-hybridized carbons (Fsp3) is 0.467. The van der Waals surface area contributed by atoms with E-state index in [0.717, 1.165) is 6.42 Å². The minimum absolute atomic E-state index is 0.0870. The first-order chi connectivity index (χ1) is 23.2. The Hall–Kier alpha value is -5.20. The van der Waals surface area contributed by atoms with Crippen LogP contribution in [0.5, 0.6) is 0 Å². The van der Waals surface area contributed by atoms with Gasteiger partial charge in [0, 0.05) is 44.0 Å². The van der Waals surface area contributed by atoms with Crippen molar-refractivity contribution in [1.29, 1.82) is 0 Å². The third kappa shape index (κ3) is 16.9. The van der Waals surface area contributed by atoms with Crippen LogP contribution in [0.3, 0.4) is 0 Å². The normalized spacial score (nSPS) is 16.3. The van der Waals surface area contributed by atoms with Gasteiger partial charge in [-0.3, -0.25) is 24.5 Å². The Morgan fingerprint density at radius 1 is 1.00 bits per heavy atom. The van der Waals surface area contributed by atoms with Crippen LogP contribution < -0.4 is 32.3 Å². The first kappa shape index (κ1) is 39.0. The molecule has 0 bridgehead atoms. The molecule has 0 spiro atoms. The van der Waals surface area contributed by atoms with Gasteiger partial charge in [-0.25, -0.2) is 9.79 Å². The van der Waals surface area contributed by atoms with Crippen molar-refractivity contribution in [2.24, 2.45) is 20.9 Å². The SMILES string of the molecule is C=C1\N=C(CNc2ccc(C(=O)N[C@H](CCC(=O)NCCCOCCOCCOCCCNC=O)C(=O)O)cc2)/C=N\N=C(\N)NC1=O. The lowest BCUT2D eigenvalue weighted by Gasteiger charge is -2.15. The molecule has 4 amide bonds. The zero-order chi connectivity index (χ0) is 35.0. The van der Waals surface area contributed by atoms with Gasteiger partial charge in [0.05, 0.1) is 44.9 Å². The number of anilines is 1. The third-order valence-electron chi connectivity index (χ3n) is 6.26. The molecule has 18 nitrogen and oxygen atoms in total. The number of nitrogens with two attached hydrogens (primary N) is 1. The van der Waals surface area contributed by atoms with E-state index in [9.17, 15) is 29.1 Å². The molecule has 262 valence electrons. The van der Waals surface area contributed by atoms with Crippen LogP contribution in [-0.4, -0.2) is 118 Å². The van der Waals surface area contributed by atoms with Crippen molar-refractivity contribution in [3.8, 4) is 0 Å². The molecule has 0 unspecified atom stereocenters. The van der Waals surface area contributed by atoms with E-state index in [-0.39, 0.29) is 42.5 Å². The molecule has 1 aliphatic heterocycles. The van der Waals surface area contributed by atoms with Gasteiger partial charge in [-0.05, 0) is 43.5 Å². The summed E-state index contributed by atoms with van der Waals surface area (Å²) in [5.41, 5.74) is 6.58. The van der Waals surface area contributed by atoms with E-state index in [2.05, 4.69) is 48.4 Å². The van der Waals surface area contributed by atoms with Gasteiger partial charge in [0.1, 0.15) is 11.7 Å². The number of benzene rings is 1. The number of aliphatic carboxylic acids is 1. The number of carbonyl (C=O) groups is 5. The number of rotatable bonds is 24. The summed E-state index contributed by atoms with van der Waals surface area (Å²) in [6.07, 6.45) is 3.07. The van der Waals surface area contributed by atoms with Crippen molar-refractivity contribution in [1.82, 2.24) is 21.3 Å². The molecule has 0 radical (unpaired) electrons. The topological polar surface area (TPSA) is 257 Å². The predicted octanol–water partition coefficient (Wildman–Crippen LogP) is -0.861. The van der Waals surface area contributed by atoms with E-state index < -0.39 is 23.8 Å². The van der Waals surface area contributed by atoms with Crippen LogP contribution >= 0.6 is 0 Å². The van der Waals surface area contributed by atoms with Crippen LogP contribution in [0.25, 0.3) is 0 Å². The number of hydrogen-bond acceptors (Lipinski definition) is 13. The van der Waals surface area contributed by atoms with Gasteiger partial charge in [0.25, 0.3) is 11.8 Å². The summed E-state index contributed by atoms with van der Waals surface area (Å²) in [6.45, 7) is 7.29. The standard InChI is InChI=1S/C30H43N9O9/c1-21-27(42)38-30(31)39-35-19-24(36-21)18-34-23-6-4-22(5-7-23)28(43)37-25(29(44)45)8-9-26(41)33-11-3-13-47-15-17-48-16-14-46-12-2-10-32-20-40/h4-7,19-20,25,34H,1-3,8-18H2,(H,32,40)(H,33,41)(H,37,43)(H,44,45)(H3,31,38,39,42)/b35-19-,36-24-/t25-/m1/s1. The van der Waals surface area contributed by atoms with E-state index in [1.807, 2.05) is 0 Å². The van der Waals surface area contributed by atoms with Crippen LogP contribution in [0.2, 0.25) is 0 Å². The Morgan fingerprint density at radius 3 is 2.29 bits per heavy atom. The van der Waals surface area contributed by atoms with Gasteiger partial charge in [0.15, 0.2) is 0 Å². The number of hydrogen-bond donors (Lipinski definition) is 7. The number of amides is 4. The fourth-order valence-corrected chi connectivity index (χ4v) is 3.78. The molecule has 0 saturated heterocycles. The highest BCUT2D eigenvalue weighted by Crippen LogP contribution is 2.11. The average Bonchev–Trinajstić information content (AvgIpc) is 3.12. The molecule has 0 fully saturated rings. The van der Waals surface area contributed by atoms with Gasteiger partial charge in [0.2, 0.25) is 18.3 Å². The Labute approximate surface area is 277 Å². The molecule has 0 aliphatic carbocycles. The van der Waals surface area contributed by atoms with Crippen molar-refractivity contribution < 1.29 is 43.3 Å². The lowest BCUT2D eigenvalue weighted by atomic mass is 10.1. The Morgan fingerprint density at radius 2 is 1.65 bits per heavy atom.